The Bertz CT molecular complexity index is 421. The molecule has 0 amide bonds. The van der Waals surface area contributed by atoms with Crippen molar-refractivity contribution in [2.24, 2.45) is 5.92 Å². The first kappa shape index (κ1) is 14.3. The lowest BCUT2D eigenvalue weighted by Gasteiger charge is -2.45. The van der Waals surface area contributed by atoms with E-state index in [4.69, 9.17) is 4.74 Å². The highest BCUT2D eigenvalue weighted by molar-refractivity contribution is 5.40. The fourth-order valence-corrected chi connectivity index (χ4v) is 3.23. The van der Waals surface area contributed by atoms with Gasteiger partial charge in [-0.15, -0.1) is 0 Å². The SMILES string of the molecule is CCCNC1CC(c2c(F)cccc2OC)C1CC. The van der Waals surface area contributed by atoms with Crippen LogP contribution < -0.4 is 10.1 Å². The summed E-state index contributed by atoms with van der Waals surface area (Å²) in [7, 11) is 1.62. The summed E-state index contributed by atoms with van der Waals surface area (Å²) in [4.78, 5) is 0. The van der Waals surface area contributed by atoms with Crippen LogP contribution in [-0.2, 0) is 0 Å². The molecule has 1 fully saturated rings. The normalized spacial score (nSPS) is 26.0. The van der Waals surface area contributed by atoms with Crippen LogP contribution in [0, 0.1) is 11.7 Å². The number of halogens is 1. The number of ether oxygens (including phenoxy) is 1. The van der Waals surface area contributed by atoms with Crippen molar-refractivity contribution in [3.05, 3.63) is 29.6 Å². The van der Waals surface area contributed by atoms with E-state index in [-0.39, 0.29) is 11.7 Å². The van der Waals surface area contributed by atoms with E-state index in [1.54, 1.807) is 13.2 Å². The van der Waals surface area contributed by atoms with Crippen LogP contribution in [0.5, 0.6) is 5.75 Å². The molecule has 19 heavy (non-hydrogen) atoms. The van der Waals surface area contributed by atoms with E-state index in [1.165, 1.54) is 6.07 Å². The number of methoxy groups -OCH3 is 1. The predicted molar refractivity (Wildman–Crippen MR) is 76.2 cm³/mol. The molecule has 3 unspecified atom stereocenters. The van der Waals surface area contributed by atoms with Crippen molar-refractivity contribution in [1.29, 1.82) is 0 Å². The molecule has 1 aromatic carbocycles. The molecule has 3 atom stereocenters. The van der Waals surface area contributed by atoms with Crippen molar-refractivity contribution in [2.75, 3.05) is 13.7 Å². The minimum atomic E-state index is -0.128. The van der Waals surface area contributed by atoms with E-state index in [0.29, 0.717) is 17.7 Å². The van der Waals surface area contributed by atoms with Gasteiger partial charge in [-0.25, -0.2) is 4.39 Å². The fraction of sp³-hybridized carbons (Fsp3) is 0.625. The van der Waals surface area contributed by atoms with Crippen LogP contribution in [0.3, 0.4) is 0 Å². The molecule has 1 aromatic rings. The maximum absolute atomic E-state index is 14.1. The number of benzene rings is 1. The van der Waals surface area contributed by atoms with Gasteiger partial charge in [0.05, 0.1) is 7.11 Å². The Kier molecular flexibility index (Phi) is 4.81. The van der Waals surface area contributed by atoms with Crippen LogP contribution in [0.15, 0.2) is 18.2 Å². The van der Waals surface area contributed by atoms with E-state index in [9.17, 15) is 4.39 Å². The topological polar surface area (TPSA) is 21.3 Å². The Labute approximate surface area is 115 Å². The molecule has 1 saturated carbocycles. The standard InChI is InChI=1S/C16H24FNO/c1-4-9-18-14-10-12(11(14)5-2)16-13(17)7-6-8-15(16)19-3/h6-8,11-12,14,18H,4-5,9-10H2,1-3H3. The van der Waals surface area contributed by atoms with E-state index in [1.807, 2.05) is 6.07 Å². The summed E-state index contributed by atoms with van der Waals surface area (Å²) >= 11 is 0. The molecular formula is C16H24FNO. The second-order valence-electron chi connectivity index (χ2n) is 5.33. The molecular weight excluding hydrogens is 241 g/mol. The van der Waals surface area contributed by atoms with Crippen LogP contribution in [0.1, 0.15) is 44.6 Å². The Morgan fingerprint density at radius 1 is 1.37 bits per heavy atom. The minimum absolute atomic E-state index is 0.128. The van der Waals surface area contributed by atoms with Crippen molar-refractivity contribution in [2.45, 2.75) is 45.1 Å². The molecule has 2 nitrogen and oxygen atoms in total. The summed E-state index contributed by atoms with van der Waals surface area (Å²) in [6.45, 7) is 5.40. The minimum Gasteiger partial charge on any atom is -0.496 e. The molecule has 0 bridgehead atoms. The number of hydrogen-bond donors (Lipinski definition) is 1. The van der Waals surface area contributed by atoms with E-state index in [0.717, 1.165) is 31.4 Å². The number of nitrogens with one attached hydrogen (secondary N) is 1. The van der Waals surface area contributed by atoms with Gasteiger partial charge in [-0.1, -0.05) is 26.3 Å². The number of rotatable bonds is 6. The molecule has 1 aliphatic rings. The van der Waals surface area contributed by atoms with Crippen molar-refractivity contribution >= 4 is 0 Å². The van der Waals surface area contributed by atoms with Crippen LogP contribution in [0.4, 0.5) is 4.39 Å². The second-order valence-corrected chi connectivity index (χ2v) is 5.33. The maximum atomic E-state index is 14.1. The van der Waals surface area contributed by atoms with Gasteiger partial charge in [0, 0.05) is 11.6 Å². The average molecular weight is 265 g/mol. The highest BCUT2D eigenvalue weighted by Gasteiger charge is 2.42. The summed E-state index contributed by atoms with van der Waals surface area (Å²) in [5, 5.41) is 3.56. The summed E-state index contributed by atoms with van der Waals surface area (Å²) in [5.41, 5.74) is 0.770. The molecule has 1 aliphatic carbocycles. The van der Waals surface area contributed by atoms with Gasteiger partial charge in [-0.2, -0.15) is 0 Å². The molecule has 0 saturated heterocycles. The Morgan fingerprint density at radius 3 is 2.79 bits per heavy atom. The van der Waals surface area contributed by atoms with Crippen molar-refractivity contribution in [3.8, 4) is 5.75 Å². The molecule has 3 heteroatoms. The first-order valence-corrected chi connectivity index (χ1v) is 7.28. The van der Waals surface area contributed by atoms with Crippen molar-refractivity contribution in [1.82, 2.24) is 5.32 Å². The van der Waals surface area contributed by atoms with Crippen molar-refractivity contribution in [3.63, 3.8) is 0 Å². The summed E-state index contributed by atoms with van der Waals surface area (Å²) in [6, 6.07) is 5.64. The summed E-state index contributed by atoms with van der Waals surface area (Å²) in [5.74, 6) is 1.36. The lowest BCUT2D eigenvalue weighted by Crippen LogP contribution is -2.49. The monoisotopic (exact) mass is 265 g/mol. The zero-order chi connectivity index (χ0) is 13.8. The van der Waals surface area contributed by atoms with E-state index >= 15 is 0 Å². The molecule has 0 heterocycles. The predicted octanol–water partition coefficient (Wildman–Crippen LogP) is 3.72. The second kappa shape index (κ2) is 6.38. The third-order valence-corrected chi connectivity index (χ3v) is 4.27. The highest BCUT2D eigenvalue weighted by Crippen LogP contribution is 2.48. The molecule has 2 rings (SSSR count). The van der Waals surface area contributed by atoms with Gasteiger partial charge in [0.25, 0.3) is 0 Å². The van der Waals surface area contributed by atoms with E-state index in [2.05, 4.69) is 19.2 Å². The Morgan fingerprint density at radius 2 is 2.16 bits per heavy atom. The quantitative estimate of drug-likeness (QED) is 0.846. The van der Waals surface area contributed by atoms with Gasteiger partial charge in [0.15, 0.2) is 0 Å². The molecule has 0 spiro atoms. The first-order valence-electron chi connectivity index (χ1n) is 7.28. The average Bonchev–Trinajstić information content (AvgIpc) is 2.39. The van der Waals surface area contributed by atoms with Gasteiger partial charge in [-0.05, 0) is 43.4 Å². The van der Waals surface area contributed by atoms with E-state index < -0.39 is 0 Å². The van der Waals surface area contributed by atoms with Crippen LogP contribution in [-0.4, -0.2) is 19.7 Å². The van der Waals surface area contributed by atoms with Crippen LogP contribution in [0.25, 0.3) is 0 Å². The van der Waals surface area contributed by atoms with Gasteiger partial charge in [-0.3, -0.25) is 0 Å². The molecule has 1 N–H and O–H groups in total. The van der Waals surface area contributed by atoms with Gasteiger partial charge in [0.1, 0.15) is 11.6 Å². The number of hydrogen-bond acceptors (Lipinski definition) is 2. The molecule has 0 aliphatic heterocycles. The van der Waals surface area contributed by atoms with Crippen molar-refractivity contribution < 1.29 is 9.13 Å². The molecule has 0 aromatic heterocycles. The van der Waals surface area contributed by atoms with Gasteiger partial charge < -0.3 is 10.1 Å². The van der Waals surface area contributed by atoms with Gasteiger partial charge in [0.2, 0.25) is 0 Å². The zero-order valence-corrected chi connectivity index (χ0v) is 12.1. The molecule has 0 radical (unpaired) electrons. The smallest absolute Gasteiger partial charge is 0.130 e. The largest absolute Gasteiger partial charge is 0.496 e. The van der Waals surface area contributed by atoms with Crippen LogP contribution >= 0.6 is 0 Å². The Hall–Kier alpha value is -1.09. The maximum Gasteiger partial charge on any atom is 0.130 e. The third-order valence-electron chi connectivity index (χ3n) is 4.27. The fourth-order valence-electron chi connectivity index (χ4n) is 3.23. The van der Waals surface area contributed by atoms with Gasteiger partial charge >= 0.3 is 0 Å². The molecule has 106 valence electrons. The summed E-state index contributed by atoms with van der Waals surface area (Å²) < 4.78 is 19.4. The third kappa shape index (κ3) is 2.76. The van der Waals surface area contributed by atoms with Crippen LogP contribution in [0.2, 0.25) is 0 Å². The summed E-state index contributed by atoms with van der Waals surface area (Å²) in [6.07, 6.45) is 3.22. The Balaban J connectivity index is 2.15. The zero-order valence-electron chi connectivity index (χ0n) is 12.1. The highest BCUT2D eigenvalue weighted by atomic mass is 19.1. The first-order chi connectivity index (χ1) is 9.22. The lowest BCUT2D eigenvalue weighted by atomic mass is 9.64. The lowest BCUT2D eigenvalue weighted by molar-refractivity contribution is 0.155.